The van der Waals surface area contributed by atoms with Crippen LogP contribution in [0.4, 0.5) is 0 Å². The van der Waals surface area contributed by atoms with Crippen LogP contribution in [0.1, 0.15) is 23.7 Å². The van der Waals surface area contributed by atoms with Crippen molar-refractivity contribution in [1.29, 1.82) is 0 Å². The van der Waals surface area contributed by atoms with Crippen LogP contribution in [0.25, 0.3) is 0 Å². The van der Waals surface area contributed by atoms with Gasteiger partial charge >= 0.3 is 11.9 Å². The maximum absolute atomic E-state index is 12.0. The van der Waals surface area contributed by atoms with Crippen LogP contribution in [0.3, 0.4) is 0 Å². The van der Waals surface area contributed by atoms with Crippen molar-refractivity contribution in [3.05, 3.63) is 24.2 Å². The van der Waals surface area contributed by atoms with Gasteiger partial charge in [-0.2, -0.15) is 0 Å². The Morgan fingerprint density at radius 3 is 2.39 bits per heavy atom. The first-order chi connectivity index (χ1) is 10.8. The molecule has 0 aromatic carbocycles. The third kappa shape index (κ3) is 7.50. The largest absolute Gasteiger partial charge is 0.481 e. The van der Waals surface area contributed by atoms with E-state index in [1.54, 1.807) is 0 Å². The molecule has 1 amide bonds. The van der Waals surface area contributed by atoms with Crippen LogP contribution in [0.5, 0.6) is 0 Å². The lowest BCUT2D eigenvalue weighted by Crippen LogP contribution is -2.23. The van der Waals surface area contributed by atoms with Gasteiger partial charge in [0, 0.05) is 11.7 Å². The molecule has 2 unspecified atom stereocenters. The Hall–Kier alpha value is -2.29. The zero-order valence-electron chi connectivity index (χ0n) is 12.4. The summed E-state index contributed by atoms with van der Waals surface area (Å²) in [5.41, 5.74) is 0.301. The van der Waals surface area contributed by atoms with Gasteiger partial charge in [0.05, 0.1) is 30.0 Å². The van der Waals surface area contributed by atoms with Crippen molar-refractivity contribution in [2.75, 3.05) is 12.3 Å². The molecule has 23 heavy (non-hydrogen) atoms. The van der Waals surface area contributed by atoms with E-state index in [1.807, 2.05) is 0 Å². The highest BCUT2D eigenvalue weighted by atomic mass is 32.2. The average Bonchev–Trinajstić information content (AvgIpc) is 3.08. The maximum atomic E-state index is 12.0. The molecule has 1 saturated heterocycles. The summed E-state index contributed by atoms with van der Waals surface area (Å²) in [6.45, 7) is 2.09. The smallest absolute Gasteiger partial charge is 0.316 e. The van der Waals surface area contributed by atoms with Crippen LogP contribution in [0, 0.1) is 5.92 Å². The Bertz CT molecular complexity index is 564. The number of ketones is 1. The Balaban J connectivity index is 0.000000570. The zero-order valence-corrected chi connectivity index (χ0v) is 13.2. The monoisotopic (exact) mass is 343 g/mol. The molecule has 0 aliphatic carbocycles. The summed E-state index contributed by atoms with van der Waals surface area (Å²) < 4.78 is 4.79. The molecule has 2 atom stereocenters. The van der Waals surface area contributed by atoms with Gasteiger partial charge in [-0.25, -0.2) is 0 Å². The Labute approximate surface area is 136 Å². The summed E-state index contributed by atoms with van der Waals surface area (Å²) in [6.07, 6.45) is 2.25. The molecule has 126 valence electrons. The van der Waals surface area contributed by atoms with Crippen molar-refractivity contribution >= 4 is 35.4 Å². The first kappa shape index (κ1) is 18.8. The minimum atomic E-state index is -1.09. The van der Waals surface area contributed by atoms with Crippen molar-refractivity contribution in [2.45, 2.75) is 18.6 Å². The van der Waals surface area contributed by atoms with Crippen molar-refractivity contribution < 1.29 is 33.8 Å². The van der Waals surface area contributed by atoms with Crippen LogP contribution < -0.4 is 5.32 Å². The molecule has 8 nitrogen and oxygen atoms in total. The predicted octanol–water partition coefficient (Wildman–Crippen LogP) is 0.876. The third-order valence-electron chi connectivity index (χ3n) is 2.81. The fourth-order valence-corrected chi connectivity index (χ4v) is 2.38. The Morgan fingerprint density at radius 2 is 2.00 bits per heavy atom. The van der Waals surface area contributed by atoms with E-state index < -0.39 is 23.1 Å². The molecule has 0 radical (unpaired) electrons. The molecule has 1 aliphatic rings. The number of carboxylic acid groups (broad SMARTS) is 2. The minimum Gasteiger partial charge on any atom is -0.481 e. The van der Waals surface area contributed by atoms with Crippen LogP contribution >= 0.6 is 11.8 Å². The highest BCUT2D eigenvalue weighted by Gasteiger charge is 2.25. The second kappa shape index (κ2) is 8.99. The number of carboxylic acids is 2. The molecule has 1 fully saturated rings. The number of thioether (sulfide) groups is 1. The van der Waals surface area contributed by atoms with E-state index in [0.717, 1.165) is 11.8 Å². The first-order valence-corrected chi connectivity index (χ1v) is 7.75. The van der Waals surface area contributed by atoms with E-state index in [0.29, 0.717) is 12.1 Å². The van der Waals surface area contributed by atoms with Gasteiger partial charge in [-0.15, -0.1) is 11.8 Å². The third-order valence-corrected chi connectivity index (χ3v) is 4.11. The van der Waals surface area contributed by atoms with Crippen molar-refractivity contribution in [1.82, 2.24) is 5.32 Å². The second-order valence-electron chi connectivity index (χ2n) is 4.76. The standard InChI is InChI=1S/C12H14O6S.C2H3NO/c1-7(12(16)17)19-6-9(4-10(13)14)11(15)8-2-3-18-5-8;4-2-1-3-2/h2-3,5,7,9H,4,6H2,1H3,(H,13,14)(H,16,17);1H2,(H,3,4). The molecule has 2 heterocycles. The summed E-state index contributed by atoms with van der Waals surface area (Å²) in [6, 6.07) is 1.46. The number of amides is 1. The first-order valence-electron chi connectivity index (χ1n) is 6.70. The van der Waals surface area contributed by atoms with Gasteiger partial charge in [0.25, 0.3) is 0 Å². The lowest BCUT2D eigenvalue weighted by Gasteiger charge is -2.14. The molecular weight excluding hydrogens is 326 g/mol. The molecule has 1 aromatic rings. The molecular formula is C14H17NO7S. The SMILES string of the molecule is CC(SCC(CC(=O)O)C(=O)c1ccoc1)C(=O)O.O=C1CN1. The van der Waals surface area contributed by atoms with Crippen LogP contribution in [-0.4, -0.2) is 51.4 Å². The fraction of sp³-hybridized carbons (Fsp3) is 0.429. The fourth-order valence-electron chi connectivity index (χ4n) is 1.45. The van der Waals surface area contributed by atoms with E-state index in [-0.39, 0.29) is 23.9 Å². The maximum Gasteiger partial charge on any atom is 0.316 e. The number of Topliss-reactive ketones (excluding diaryl/α,β-unsaturated/α-hetero) is 1. The van der Waals surface area contributed by atoms with E-state index in [9.17, 15) is 19.2 Å². The van der Waals surface area contributed by atoms with Crippen LogP contribution in [0.2, 0.25) is 0 Å². The minimum absolute atomic E-state index is 0.143. The van der Waals surface area contributed by atoms with Crippen molar-refractivity contribution in [3.8, 4) is 0 Å². The summed E-state index contributed by atoms with van der Waals surface area (Å²) in [5, 5.41) is 19.3. The number of rotatable bonds is 8. The summed E-state index contributed by atoms with van der Waals surface area (Å²) in [4.78, 5) is 42.9. The van der Waals surface area contributed by atoms with E-state index in [4.69, 9.17) is 14.6 Å². The quantitative estimate of drug-likeness (QED) is 0.466. The number of nitrogens with one attached hydrogen (secondary N) is 1. The van der Waals surface area contributed by atoms with E-state index in [2.05, 4.69) is 5.32 Å². The molecule has 1 aromatic heterocycles. The molecule has 3 N–H and O–H groups in total. The average molecular weight is 343 g/mol. The van der Waals surface area contributed by atoms with Gasteiger partial charge in [-0.05, 0) is 13.0 Å². The number of aliphatic carboxylic acids is 2. The van der Waals surface area contributed by atoms with Gasteiger partial charge in [-0.1, -0.05) is 0 Å². The normalized spacial score (nSPS) is 14.7. The van der Waals surface area contributed by atoms with Crippen LogP contribution in [0.15, 0.2) is 23.0 Å². The van der Waals surface area contributed by atoms with E-state index >= 15 is 0 Å². The second-order valence-corrected chi connectivity index (χ2v) is 6.14. The van der Waals surface area contributed by atoms with Gasteiger partial charge in [-0.3, -0.25) is 19.2 Å². The van der Waals surface area contributed by atoms with Crippen molar-refractivity contribution in [3.63, 3.8) is 0 Å². The lowest BCUT2D eigenvalue weighted by atomic mass is 9.98. The van der Waals surface area contributed by atoms with E-state index in [1.165, 1.54) is 25.5 Å². The molecule has 0 bridgehead atoms. The topological polar surface area (TPSA) is 144 Å². The highest BCUT2D eigenvalue weighted by molar-refractivity contribution is 8.00. The zero-order chi connectivity index (χ0) is 17.4. The van der Waals surface area contributed by atoms with Crippen LogP contribution in [-0.2, 0) is 14.4 Å². The Morgan fingerprint density at radius 1 is 1.39 bits per heavy atom. The van der Waals surface area contributed by atoms with Gasteiger partial charge < -0.3 is 19.9 Å². The molecule has 1 aliphatic heterocycles. The number of hydrogen-bond donors (Lipinski definition) is 3. The highest BCUT2D eigenvalue weighted by Crippen LogP contribution is 2.21. The summed E-state index contributed by atoms with van der Waals surface area (Å²) in [5.74, 6) is -2.88. The molecule has 2 rings (SSSR count). The molecule has 0 saturated carbocycles. The lowest BCUT2D eigenvalue weighted by molar-refractivity contribution is -0.138. The predicted molar refractivity (Wildman–Crippen MR) is 81.3 cm³/mol. The van der Waals surface area contributed by atoms with Gasteiger partial charge in [0.1, 0.15) is 6.26 Å². The summed E-state index contributed by atoms with van der Waals surface area (Å²) >= 11 is 1.05. The van der Waals surface area contributed by atoms with Gasteiger partial charge in [0.15, 0.2) is 5.78 Å². The van der Waals surface area contributed by atoms with Gasteiger partial charge in [0.2, 0.25) is 5.91 Å². The molecule has 9 heteroatoms. The number of hydrogen-bond acceptors (Lipinski definition) is 6. The number of furan rings is 1. The van der Waals surface area contributed by atoms with Crippen molar-refractivity contribution in [2.24, 2.45) is 5.92 Å². The molecule has 0 spiro atoms. The number of carbonyl (C=O) groups excluding carboxylic acids is 2. The summed E-state index contributed by atoms with van der Waals surface area (Å²) in [7, 11) is 0. The Kier molecular flexibility index (Phi) is 7.33. The number of carbonyl (C=O) groups is 4.